The van der Waals surface area contributed by atoms with Gasteiger partial charge in [-0.05, 0) is 50.8 Å². The second-order valence-electron chi connectivity index (χ2n) is 4.78. The van der Waals surface area contributed by atoms with Crippen LogP contribution in [0.1, 0.15) is 25.7 Å². The Labute approximate surface area is 131 Å². The van der Waals surface area contributed by atoms with Crippen LogP contribution in [0, 0.1) is 0 Å². The summed E-state index contributed by atoms with van der Waals surface area (Å²) in [5, 5.41) is 3.58. The molecule has 2 unspecified atom stereocenters. The van der Waals surface area contributed by atoms with Crippen molar-refractivity contribution in [2.45, 2.75) is 37.8 Å². The molecule has 1 aliphatic carbocycles. The number of rotatable bonds is 4. The van der Waals surface area contributed by atoms with E-state index >= 15 is 0 Å². The summed E-state index contributed by atoms with van der Waals surface area (Å²) in [5.41, 5.74) is 1.05. The molecule has 106 valence electrons. The second kappa shape index (κ2) is 6.95. The first-order valence-corrected chi connectivity index (χ1v) is 8.06. The number of halogens is 2. The molecular formula is C14H19Br2NO2. The summed E-state index contributed by atoms with van der Waals surface area (Å²) in [7, 11) is 3.47. The predicted molar refractivity (Wildman–Crippen MR) is 85.1 cm³/mol. The first-order valence-electron chi connectivity index (χ1n) is 6.48. The van der Waals surface area contributed by atoms with E-state index in [0.717, 1.165) is 33.2 Å². The monoisotopic (exact) mass is 391 g/mol. The highest BCUT2D eigenvalue weighted by Crippen LogP contribution is 2.36. The fourth-order valence-electron chi connectivity index (χ4n) is 2.54. The molecule has 0 heterocycles. The number of nitrogens with one attached hydrogen (secondary N) is 1. The lowest BCUT2D eigenvalue weighted by Gasteiger charge is -2.32. The van der Waals surface area contributed by atoms with Crippen molar-refractivity contribution in [3.63, 3.8) is 0 Å². The Bertz CT molecular complexity index is 440. The standard InChI is InChI=1S/C14H19Br2NO2/c1-18-13-6-4-3-5-11(13)17-12-8-14(19-2)10(16)7-9(12)15/h7-8,11,13,17H,3-6H2,1-2H3. The number of hydrogen-bond donors (Lipinski definition) is 1. The van der Waals surface area contributed by atoms with Crippen LogP contribution >= 0.6 is 31.9 Å². The molecule has 19 heavy (non-hydrogen) atoms. The highest BCUT2D eigenvalue weighted by Gasteiger charge is 2.25. The Morgan fingerprint density at radius 2 is 1.84 bits per heavy atom. The Hall–Kier alpha value is -0.260. The predicted octanol–water partition coefficient (Wildman–Crippen LogP) is 4.59. The lowest BCUT2D eigenvalue weighted by molar-refractivity contribution is 0.0606. The zero-order valence-electron chi connectivity index (χ0n) is 11.2. The van der Waals surface area contributed by atoms with E-state index in [9.17, 15) is 0 Å². The van der Waals surface area contributed by atoms with Gasteiger partial charge in [-0.1, -0.05) is 12.8 Å². The molecule has 1 N–H and O–H groups in total. The number of methoxy groups -OCH3 is 2. The molecule has 1 aliphatic rings. The first kappa shape index (κ1) is 15.1. The summed E-state index contributed by atoms with van der Waals surface area (Å²) in [4.78, 5) is 0. The highest BCUT2D eigenvalue weighted by atomic mass is 79.9. The smallest absolute Gasteiger partial charge is 0.135 e. The minimum Gasteiger partial charge on any atom is -0.495 e. The Balaban J connectivity index is 2.17. The van der Waals surface area contributed by atoms with Crippen molar-refractivity contribution in [3.8, 4) is 5.75 Å². The van der Waals surface area contributed by atoms with E-state index in [1.807, 2.05) is 12.1 Å². The topological polar surface area (TPSA) is 30.5 Å². The quantitative estimate of drug-likeness (QED) is 0.812. The third-order valence-electron chi connectivity index (χ3n) is 3.59. The van der Waals surface area contributed by atoms with Crippen molar-refractivity contribution in [2.24, 2.45) is 0 Å². The first-order chi connectivity index (χ1) is 9.15. The van der Waals surface area contributed by atoms with Crippen molar-refractivity contribution in [3.05, 3.63) is 21.1 Å². The Kier molecular flexibility index (Phi) is 5.54. The molecular weight excluding hydrogens is 374 g/mol. The van der Waals surface area contributed by atoms with Crippen LogP contribution < -0.4 is 10.1 Å². The van der Waals surface area contributed by atoms with Crippen LogP contribution in [0.5, 0.6) is 5.75 Å². The van der Waals surface area contributed by atoms with Gasteiger partial charge in [-0.3, -0.25) is 0 Å². The van der Waals surface area contributed by atoms with E-state index in [-0.39, 0.29) is 6.10 Å². The van der Waals surface area contributed by atoms with Gasteiger partial charge in [0, 0.05) is 17.6 Å². The largest absolute Gasteiger partial charge is 0.495 e. The van der Waals surface area contributed by atoms with Crippen LogP contribution in [0.15, 0.2) is 21.1 Å². The number of ether oxygens (including phenoxy) is 2. The molecule has 0 amide bonds. The van der Waals surface area contributed by atoms with Crippen molar-refractivity contribution >= 4 is 37.5 Å². The number of hydrogen-bond acceptors (Lipinski definition) is 3. The van der Waals surface area contributed by atoms with E-state index in [2.05, 4.69) is 37.2 Å². The molecule has 5 heteroatoms. The Morgan fingerprint density at radius 3 is 2.53 bits per heavy atom. The SMILES string of the molecule is COc1cc(NC2CCCCC2OC)c(Br)cc1Br. The maximum atomic E-state index is 5.58. The Morgan fingerprint density at radius 1 is 1.11 bits per heavy atom. The average Bonchev–Trinajstić information content (AvgIpc) is 2.42. The van der Waals surface area contributed by atoms with Gasteiger partial charge in [0.15, 0.2) is 0 Å². The molecule has 2 rings (SSSR count). The fraction of sp³-hybridized carbons (Fsp3) is 0.571. The highest BCUT2D eigenvalue weighted by molar-refractivity contribution is 9.11. The van der Waals surface area contributed by atoms with Gasteiger partial charge in [-0.25, -0.2) is 0 Å². The van der Waals surface area contributed by atoms with E-state index in [1.165, 1.54) is 12.8 Å². The van der Waals surface area contributed by atoms with Crippen molar-refractivity contribution in [2.75, 3.05) is 19.5 Å². The van der Waals surface area contributed by atoms with E-state index in [1.54, 1.807) is 14.2 Å². The molecule has 0 bridgehead atoms. The van der Waals surface area contributed by atoms with Crippen LogP contribution in [0.2, 0.25) is 0 Å². The summed E-state index contributed by atoms with van der Waals surface area (Å²) in [6.07, 6.45) is 5.06. The molecule has 0 aliphatic heterocycles. The lowest BCUT2D eigenvalue weighted by atomic mass is 9.92. The molecule has 3 nitrogen and oxygen atoms in total. The summed E-state index contributed by atoms with van der Waals surface area (Å²) >= 11 is 7.07. The molecule has 1 aromatic rings. The third kappa shape index (κ3) is 3.64. The van der Waals surface area contributed by atoms with Gasteiger partial charge in [0.05, 0.1) is 29.4 Å². The number of anilines is 1. The molecule has 0 radical (unpaired) electrons. The summed E-state index contributed by atoms with van der Waals surface area (Å²) < 4.78 is 12.9. The molecule has 2 atom stereocenters. The third-order valence-corrected chi connectivity index (χ3v) is 4.86. The molecule has 1 saturated carbocycles. The maximum Gasteiger partial charge on any atom is 0.135 e. The van der Waals surface area contributed by atoms with Crippen LogP contribution in [0.25, 0.3) is 0 Å². The summed E-state index contributed by atoms with van der Waals surface area (Å²) in [6.45, 7) is 0. The fourth-order valence-corrected chi connectivity index (χ4v) is 3.81. The van der Waals surface area contributed by atoms with Gasteiger partial charge in [0.25, 0.3) is 0 Å². The van der Waals surface area contributed by atoms with Gasteiger partial charge in [0.1, 0.15) is 5.75 Å². The van der Waals surface area contributed by atoms with E-state index < -0.39 is 0 Å². The van der Waals surface area contributed by atoms with Crippen molar-refractivity contribution in [1.29, 1.82) is 0 Å². The normalized spacial score (nSPS) is 23.2. The molecule has 1 fully saturated rings. The molecule has 0 aromatic heterocycles. The minimum atomic E-state index is 0.287. The van der Waals surface area contributed by atoms with E-state index in [0.29, 0.717) is 6.04 Å². The van der Waals surface area contributed by atoms with E-state index in [4.69, 9.17) is 9.47 Å². The summed E-state index contributed by atoms with van der Waals surface area (Å²) in [5.74, 6) is 0.829. The summed E-state index contributed by atoms with van der Waals surface area (Å²) in [6, 6.07) is 4.38. The van der Waals surface area contributed by atoms with Crippen LogP contribution in [0.3, 0.4) is 0 Å². The molecule has 1 aromatic carbocycles. The van der Waals surface area contributed by atoms with Crippen molar-refractivity contribution < 1.29 is 9.47 Å². The molecule has 0 spiro atoms. The van der Waals surface area contributed by atoms with Crippen LogP contribution in [-0.2, 0) is 4.74 Å². The van der Waals surface area contributed by atoms with Crippen molar-refractivity contribution in [1.82, 2.24) is 0 Å². The minimum absolute atomic E-state index is 0.287. The maximum absolute atomic E-state index is 5.58. The zero-order valence-corrected chi connectivity index (χ0v) is 14.4. The van der Waals surface area contributed by atoms with Gasteiger partial charge in [0.2, 0.25) is 0 Å². The van der Waals surface area contributed by atoms with Gasteiger partial charge >= 0.3 is 0 Å². The van der Waals surface area contributed by atoms with Gasteiger partial charge < -0.3 is 14.8 Å². The van der Waals surface area contributed by atoms with Gasteiger partial charge in [-0.2, -0.15) is 0 Å². The average molecular weight is 393 g/mol. The van der Waals surface area contributed by atoms with Crippen LogP contribution in [0.4, 0.5) is 5.69 Å². The zero-order chi connectivity index (χ0) is 13.8. The van der Waals surface area contributed by atoms with Gasteiger partial charge in [-0.15, -0.1) is 0 Å². The van der Waals surface area contributed by atoms with Crippen LogP contribution in [-0.4, -0.2) is 26.4 Å². The second-order valence-corrected chi connectivity index (χ2v) is 6.48. The number of benzene rings is 1. The molecule has 0 saturated heterocycles. The lowest BCUT2D eigenvalue weighted by Crippen LogP contribution is -2.37.